The molecule has 0 aliphatic carbocycles. The molecule has 0 bridgehead atoms. The highest BCUT2D eigenvalue weighted by molar-refractivity contribution is 9.10. The van der Waals surface area contributed by atoms with Gasteiger partial charge in [0.25, 0.3) is 0 Å². The Morgan fingerprint density at radius 3 is 2.26 bits per heavy atom. The van der Waals surface area contributed by atoms with E-state index in [2.05, 4.69) is 26.0 Å². The molecule has 0 saturated carbocycles. The number of carbonyl (C=O) groups excluding carboxylic acids is 2. The number of ketones is 1. The number of halogens is 1. The molecule has 3 rings (SSSR count). The highest BCUT2D eigenvalue weighted by Crippen LogP contribution is 2.17. The summed E-state index contributed by atoms with van der Waals surface area (Å²) in [4.78, 5) is 24.7. The fraction of sp³-hybridized carbons (Fsp3) is 0.130. The number of benzene rings is 3. The molecular weight excluding hydrogens is 480 g/mol. The third-order valence-electron chi connectivity index (χ3n) is 4.56. The van der Waals surface area contributed by atoms with Gasteiger partial charge >= 0.3 is 0 Å². The normalized spacial score (nSPS) is 12.2. The van der Waals surface area contributed by atoms with Gasteiger partial charge in [-0.3, -0.25) is 9.59 Å². The summed E-state index contributed by atoms with van der Waals surface area (Å²) in [6.07, 6.45) is 0.162. The summed E-state index contributed by atoms with van der Waals surface area (Å²) in [6, 6.07) is 20.7. The third-order valence-corrected chi connectivity index (χ3v) is 6.57. The molecule has 0 heterocycles. The molecule has 0 fully saturated rings. The van der Waals surface area contributed by atoms with Crippen LogP contribution in [0.3, 0.4) is 0 Å². The molecule has 6 nitrogen and oxygen atoms in total. The van der Waals surface area contributed by atoms with Crippen molar-refractivity contribution in [2.24, 2.45) is 0 Å². The molecule has 3 aromatic carbocycles. The lowest BCUT2D eigenvalue weighted by molar-refractivity contribution is -0.117. The minimum atomic E-state index is -3.94. The van der Waals surface area contributed by atoms with Crippen LogP contribution in [0.5, 0.6) is 0 Å². The van der Waals surface area contributed by atoms with E-state index in [1.165, 1.54) is 19.1 Å². The van der Waals surface area contributed by atoms with Gasteiger partial charge in [0.15, 0.2) is 5.78 Å². The number of carbonyl (C=O) groups is 2. The number of rotatable bonds is 8. The molecular formula is C23H21BrN2O4S. The van der Waals surface area contributed by atoms with Gasteiger partial charge in [0, 0.05) is 15.7 Å². The molecule has 0 unspecified atom stereocenters. The number of anilines is 1. The Bertz CT molecular complexity index is 1180. The van der Waals surface area contributed by atoms with Gasteiger partial charge in [-0.2, -0.15) is 4.72 Å². The molecule has 0 aliphatic heterocycles. The van der Waals surface area contributed by atoms with E-state index in [0.29, 0.717) is 11.3 Å². The van der Waals surface area contributed by atoms with Crippen LogP contribution < -0.4 is 10.0 Å². The van der Waals surface area contributed by atoms with E-state index in [1.807, 2.05) is 30.3 Å². The number of amides is 1. The third kappa shape index (κ3) is 6.33. The quantitative estimate of drug-likeness (QED) is 0.453. The predicted octanol–water partition coefficient (Wildman–Crippen LogP) is 4.18. The Morgan fingerprint density at radius 1 is 0.935 bits per heavy atom. The Morgan fingerprint density at radius 2 is 1.61 bits per heavy atom. The standard InChI is InChI=1S/C23H21BrN2O4S/c1-16(27)18-8-5-9-20(15-18)25-23(28)22(14-17-6-3-2-4-7-17)26-31(29,30)21-12-10-19(24)11-13-21/h2-13,15,22,26H,14H2,1H3,(H,25,28)/t22-/m0/s1. The molecule has 8 heteroatoms. The van der Waals surface area contributed by atoms with Crippen LogP contribution in [-0.4, -0.2) is 26.2 Å². The zero-order chi connectivity index (χ0) is 22.4. The second-order valence-corrected chi connectivity index (χ2v) is 9.57. The number of Topliss-reactive ketones (excluding diaryl/α,β-unsaturated/α-hetero) is 1. The Labute approximate surface area is 189 Å². The summed E-state index contributed by atoms with van der Waals surface area (Å²) in [7, 11) is -3.94. The van der Waals surface area contributed by atoms with Crippen molar-refractivity contribution in [3.8, 4) is 0 Å². The molecule has 0 aliphatic rings. The SMILES string of the molecule is CC(=O)c1cccc(NC(=O)[C@H](Cc2ccccc2)NS(=O)(=O)c2ccc(Br)cc2)c1. The van der Waals surface area contributed by atoms with Crippen LogP contribution in [0.15, 0.2) is 88.2 Å². The van der Waals surface area contributed by atoms with Crippen molar-refractivity contribution in [1.82, 2.24) is 4.72 Å². The Kier molecular flexibility index (Phi) is 7.37. The maximum Gasteiger partial charge on any atom is 0.242 e. The monoisotopic (exact) mass is 500 g/mol. The first-order valence-corrected chi connectivity index (χ1v) is 11.8. The molecule has 0 saturated heterocycles. The summed E-state index contributed by atoms with van der Waals surface area (Å²) < 4.78 is 29.0. The second kappa shape index (κ2) is 10.00. The predicted molar refractivity (Wildman–Crippen MR) is 123 cm³/mol. The summed E-state index contributed by atoms with van der Waals surface area (Å²) in [5, 5.41) is 2.72. The van der Waals surface area contributed by atoms with E-state index in [9.17, 15) is 18.0 Å². The first-order valence-electron chi connectivity index (χ1n) is 9.48. The van der Waals surface area contributed by atoms with Gasteiger partial charge in [-0.1, -0.05) is 58.4 Å². The summed E-state index contributed by atoms with van der Waals surface area (Å²) in [5.74, 6) is -0.655. The average Bonchev–Trinajstić information content (AvgIpc) is 2.74. The van der Waals surface area contributed by atoms with Gasteiger partial charge in [0.2, 0.25) is 15.9 Å². The molecule has 3 aromatic rings. The summed E-state index contributed by atoms with van der Waals surface area (Å²) in [6.45, 7) is 1.44. The first kappa shape index (κ1) is 22.9. The van der Waals surface area contributed by atoms with Crippen LogP contribution in [-0.2, 0) is 21.2 Å². The maximum atomic E-state index is 13.0. The van der Waals surface area contributed by atoms with E-state index in [4.69, 9.17) is 0 Å². The molecule has 31 heavy (non-hydrogen) atoms. The van der Waals surface area contributed by atoms with Gasteiger partial charge in [0.05, 0.1) is 4.90 Å². The van der Waals surface area contributed by atoms with Crippen molar-refractivity contribution < 1.29 is 18.0 Å². The number of sulfonamides is 1. The molecule has 2 N–H and O–H groups in total. The van der Waals surface area contributed by atoms with Crippen LogP contribution in [0, 0.1) is 0 Å². The van der Waals surface area contributed by atoms with E-state index in [1.54, 1.807) is 36.4 Å². The fourth-order valence-electron chi connectivity index (χ4n) is 2.95. The number of hydrogen-bond donors (Lipinski definition) is 2. The fourth-order valence-corrected chi connectivity index (χ4v) is 4.41. The van der Waals surface area contributed by atoms with Gasteiger partial charge in [0.1, 0.15) is 6.04 Å². The van der Waals surface area contributed by atoms with E-state index in [0.717, 1.165) is 10.0 Å². The molecule has 1 atom stereocenters. The van der Waals surface area contributed by atoms with Crippen LogP contribution in [0.1, 0.15) is 22.8 Å². The summed E-state index contributed by atoms with van der Waals surface area (Å²) >= 11 is 3.28. The summed E-state index contributed by atoms with van der Waals surface area (Å²) in [5.41, 5.74) is 1.67. The molecule has 1 amide bonds. The molecule has 0 spiro atoms. The van der Waals surface area contributed by atoms with Gasteiger partial charge < -0.3 is 5.32 Å². The van der Waals surface area contributed by atoms with Crippen molar-refractivity contribution in [3.63, 3.8) is 0 Å². The number of hydrogen-bond acceptors (Lipinski definition) is 4. The van der Waals surface area contributed by atoms with E-state index in [-0.39, 0.29) is 17.1 Å². The number of nitrogens with one attached hydrogen (secondary N) is 2. The second-order valence-electron chi connectivity index (χ2n) is 6.94. The highest BCUT2D eigenvalue weighted by Gasteiger charge is 2.26. The molecule has 160 valence electrons. The zero-order valence-electron chi connectivity index (χ0n) is 16.7. The lowest BCUT2D eigenvalue weighted by atomic mass is 10.1. The van der Waals surface area contributed by atoms with Crippen molar-refractivity contribution in [1.29, 1.82) is 0 Å². The van der Waals surface area contributed by atoms with Crippen LogP contribution >= 0.6 is 15.9 Å². The van der Waals surface area contributed by atoms with Gasteiger partial charge in [-0.25, -0.2) is 8.42 Å². The maximum absolute atomic E-state index is 13.0. The van der Waals surface area contributed by atoms with Crippen molar-refractivity contribution in [2.45, 2.75) is 24.3 Å². The smallest absolute Gasteiger partial charge is 0.242 e. The molecule has 0 aromatic heterocycles. The highest BCUT2D eigenvalue weighted by atomic mass is 79.9. The van der Waals surface area contributed by atoms with Gasteiger partial charge in [-0.15, -0.1) is 0 Å². The van der Waals surface area contributed by atoms with Crippen molar-refractivity contribution in [3.05, 3.63) is 94.5 Å². The van der Waals surface area contributed by atoms with Gasteiger partial charge in [-0.05, 0) is 55.3 Å². The van der Waals surface area contributed by atoms with E-state index >= 15 is 0 Å². The largest absolute Gasteiger partial charge is 0.325 e. The lowest BCUT2D eigenvalue weighted by Crippen LogP contribution is -2.45. The minimum Gasteiger partial charge on any atom is -0.325 e. The first-order chi connectivity index (χ1) is 14.7. The Hall–Kier alpha value is -2.81. The van der Waals surface area contributed by atoms with Crippen LogP contribution in [0.4, 0.5) is 5.69 Å². The minimum absolute atomic E-state index is 0.0557. The Balaban J connectivity index is 1.86. The topological polar surface area (TPSA) is 92.3 Å². The van der Waals surface area contributed by atoms with Crippen LogP contribution in [0.25, 0.3) is 0 Å². The van der Waals surface area contributed by atoms with Crippen molar-refractivity contribution in [2.75, 3.05) is 5.32 Å². The average molecular weight is 501 g/mol. The van der Waals surface area contributed by atoms with Crippen molar-refractivity contribution >= 4 is 43.3 Å². The zero-order valence-corrected chi connectivity index (χ0v) is 19.1. The lowest BCUT2D eigenvalue weighted by Gasteiger charge is -2.19. The molecule has 0 radical (unpaired) electrons. The van der Waals surface area contributed by atoms with Crippen LogP contribution in [0.2, 0.25) is 0 Å². The van der Waals surface area contributed by atoms with E-state index < -0.39 is 22.0 Å².